The summed E-state index contributed by atoms with van der Waals surface area (Å²) in [6.07, 6.45) is 2.64. The molecule has 0 bridgehead atoms. The molecule has 0 spiro atoms. The minimum absolute atomic E-state index is 0.0531. The van der Waals surface area contributed by atoms with Crippen molar-refractivity contribution in [2.45, 2.75) is 6.42 Å². The van der Waals surface area contributed by atoms with Gasteiger partial charge in [-0.1, -0.05) is 0 Å². The van der Waals surface area contributed by atoms with Crippen molar-refractivity contribution in [3.05, 3.63) is 20.3 Å². The molecule has 88 valence electrons. The normalized spacial score (nSPS) is 20.4. The SMILES string of the molecule is CNCC1CCN(c2nc[nH]c(=O)c2I)C1. The average Bonchev–Trinajstić information content (AvgIpc) is 2.71. The highest BCUT2D eigenvalue weighted by Gasteiger charge is 2.24. The van der Waals surface area contributed by atoms with Crippen LogP contribution in [-0.4, -0.2) is 36.6 Å². The standard InChI is InChI=1S/C10H15IN4O/c1-12-4-7-2-3-15(5-7)9-8(11)10(16)14-6-13-9/h6-7,12H,2-5H2,1H3,(H,13,14,16). The fourth-order valence-corrected chi connectivity index (χ4v) is 2.71. The molecule has 0 amide bonds. The Balaban J connectivity index is 2.14. The van der Waals surface area contributed by atoms with Crippen LogP contribution < -0.4 is 15.8 Å². The second kappa shape index (κ2) is 5.13. The van der Waals surface area contributed by atoms with Crippen LogP contribution in [0.2, 0.25) is 0 Å². The number of aromatic amines is 1. The fourth-order valence-electron chi connectivity index (χ4n) is 2.07. The molecule has 0 radical (unpaired) electrons. The molecule has 0 aliphatic carbocycles. The second-order valence-corrected chi connectivity index (χ2v) is 5.11. The molecule has 2 rings (SSSR count). The number of anilines is 1. The van der Waals surface area contributed by atoms with Gasteiger partial charge in [0, 0.05) is 13.1 Å². The molecule has 1 aliphatic heterocycles. The molecular weight excluding hydrogens is 319 g/mol. The fraction of sp³-hybridized carbons (Fsp3) is 0.600. The van der Waals surface area contributed by atoms with Crippen LogP contribution >= 0.6 is 22.6 Å². The average molecular weight is 334 g/mol. The van der Waals surface area contributed by atoms with E-state index in [1.54, 1.807) is 0 Å². The second-order valence-electron chi connectivity index (χ2n) is 4.03. The van der Waals surface area contributed by atoms with Crippen LogP contribution in [0, 0.1) is 9.49 Å². The van der Waals surface area contributed by atoms with Crippen molar-refractivity contribution in [2.75, 3.05) is 31.6 Å². The molecule has 1 unspecified atom stereocenters. The maximum atomic E-state index is 11.5. The minimum Gasteiger partial charge on any atom is -0.355 e. The first-order chi connectivity index (χ1) is 7.72. The summed E-state index contributed by atoms with van der Waals surface area (Å²) in [5, 5.41) is 3.19. The third-order valence-electron chi connectivity index (χ3n) is 2.86. The Hall–Kier alpha value is -0.630. The molecule has 2 heterocycles. The summed E-state index contributed by atoms with van der Waals surface area (Å²) in [6, 6.07) is 0. The lowest BCUT2D eigenvalue weighted by Crippen LogP contribution is -2.27. The zero-order valence-corrected chi connectivity index (χ0v) is 11.3. The van der Waals surface area contributed by atoms with Gasteiger partial charge in [0.15, 0.2) is 0 Å². The van der Waals surface area contributed by atoms with Gasteiger partial charge in [0.2, 0.25) is 0 Å². The molecule has 1 aromatic heterocycles. The minimum atomic E-state index is -0.0531. The number of rotatable bonds is 3. The van der Waals surface area contributed by atoms with Crippen molar-refractivity contribution >= 4 is 28.4 Å². The number of halogens is 1. The number of aromatic nitrogens is 2. The topological polar surface area (TPSA) is 61.0 Å². The van der Waals surface area contributed by atoms with Gasteiger partial charge < -0.3 is 15.2 Å². The van der Waals surface area contributed by atoms with E-state index in [2.05, 4.69) is 42.8 Å². The van der Waals surface area contributed by atoms with Gasteiger partial charge in [0.05, 0.1) is 6.33 Å². The highest BCUT2D eigenvalue weighted by atomic mass is 127. The van der Waals surface area contributed by atoms with Crippen molar-refractivity contribution in [1.29, 1.82) is 0 Å². The summed E-state index contributed by atoms with van der Waals surface area (Å²) in [5.41, 5.74) is -0.0531. The molecule has 0 saturated carbocycles. The molecule has 1 aromatic rings. The van der Waals surface area contributed by atoms with E-state index in [1.165, 1.54) is 6.33 Å². The van der Waals surface area contributed by atoms with Crippen LogP contribution in [0.3, 0.4) is 0 Å². The third-order valence-corrected chi connectivity index (χ3v) is 3.83. The maximum Gasteiger partial charge on any atom is 0.266 e. The van der Waals surface area contributed by atoms with E-state index in [0.717, 1.165) is 31.9 Å². The summed E-state index contributed by atoms with van der Waals surface area (Å²) in [7, 11) is 1.97. The lowest BCUT2D eigenvalue weighted by molar-refractivity contribution is 0.549. The van der Waals surface area contributed by atoms with Crippen LogP contribution in [0.1, 0.15) is 6.42 Å². The number of hydrogen-bond donors (Lipinski definition) is 2. The zero-order valence-electron chi connectivity index (χ0n) is 9.16. The first-order valence-corrected chi connectivity index (χ1v) is 6.43. The van der Waals surface area contributed by atoms with E-state index in [4.69, 9.17) is 0 Å². The summed E-state index contributed by atoms with van der Waals surface area (Å²) in [5.74, 6) is 1.48. The van der Waals surface area contributed by atoms with E-state index < -0.39 is 0 Å². The Kier molecular flexibility index (Phi) is 3.80. The molecule has 5 nitrogen and oxygen atoms in total. The summed E-state index contributed by atoms with van der Waals surface area (Å²) in [6.45, 7) is 2.99. The largest absolute Gasteiger partial charge is 0.355 e. The molecule has 1 fully saturated rings. The Morgan fingerprint density at radius 3 is 3.31 bits per heavy atom. The predicted molar refractivity (Wildman–Crippen MR) is 71.8 cm³/mol. The van der Waals surface area contributed by atoms with Crippen molar-refractivity contribution < 1.29 is 0 Å². The molecule has 6 heteroatoms. The first kappa shape index (κ1) is 11.8. The van der Waals surface area contributed by atoms with E-state index >= 15 is 0 Å². The number of hydrogen-bond acceptors (Lipinski definition) is 4. The maximum absolute atomic E-state index is 11.5. The van der Waals surface area contributed by atoms with E-state index in [9.17, 15) is 4.79 Å². The van der Waals surface area contributed by atoms with Crippen molar-refractivity contribution in [2.24, 2.45) is 5.92 Å². The van der Waals surface area contributed by atoms with E-state index in [-0.39, 0.29) is 5.56 Å². The lowest BCUT2D eigenvalue weighted by Gasteiger charge is -2.18. The monoisotopic (exact) mass is 334 g/mol. The number of nitrogens with one attached hydrogen (secondary N) is 2. The highest BCUT2D eigenvalue weighted by Crippen LogP contribution is 2.23. The van der Waals surface area contributed by atoms with Crippen LogP contribution in [0.4, 0.5) is 5.82 Å². The molecule has 1 atom stereocenters. The molecule has 16 heavy (non-hydrogen) atoms. The van der Waals surface area contributed by atoms with Crippen LogP contribution in [-0.2, 0) is 0 Å². The van der Waals surface area contributed by atoms with Gasteiger partial charge in [-0.2, -0.15) is 0 Å². The Morgan fingerprint density at radius 1 is 1.75 bits per heavy atom. The van der Waals surface area contributed by atoms with Crippen molar-refractivity contribution in [3.8, 4) is 0 Å². The summed E-state index contributed by atoms with van der Waals surface area (Å²) < 4.78 is 0.685. The lowest BCUT2D eigenvalue weighted by atomic mass is 10.1. The number of nitrogens with zero attached hydrogens (tertiary/aromatic N) is 2. The molecule has 2 N–H and O–H groups in total. The van der Waals surface area contributed by atoms with Gasteiger partial charge in [-0.25, -0.2) is 4.98 Å². The quantitative estimate of drug-likeness (QED) is 0.787. The Morgan fingerprint density at radius 2 is 2.56 bits per heavy atom. The first-order valence-electron chi connectivity index (χ1n) is 5.35. The molecule has 1 saturated heterocycles. The van der Waals surface area contributed by atoms with Gasteiger partial charge in [-0.3, -0.25) is 4.79 Å². The van der Waals surface area contributed by atoms with Crippen molar-refractivity contribution in [3.63, 3.8) is 0 Å². The molecule has 1 aliphatic rings. The van der Waals surface area contributed by atoms with Crippen LogP contribution in [0.25, 0.3) is 0 Å². The highest BCUT2D eigenvalue weighted by molar-refractivity contribution is 14.1. The number of H-pyrrole nitrogens is 1. The van der Waals surface area contributed by atoms with E-state index in [0.29, 0.717) is 9.49 Å². The Labute approximate surface area is 108 Å². The summed E-state index contributed by atoms with van der Waals surface area (Å²) in [4.78, 5) is 20.5. The van der Waals surface area contributed by atoms with Gasteiger partial charge in [-0.15, -0.1) is 0 Å². The van der Waals surface area contributed by atoms with Gasteiger partial charge in [0.1, 0.15) is 9.39 Å². The van der Waals surface area contributed by atoms with E-state index in [1.807, 2.05) is 7.05 Å². The molecular formula is C10H15IN4O. The van der Waals surface area contributed by atoms with Crippen molar-refractivity contribution in [1.82, 2.24) is 15.3 Å². The zero-order chi connectivity index (χ0) is 11.5. The van der Waals surface area contributed by atoms with Gasteiger partial charge in [0.25, 0.3) is 5.56 Å². The third kappa shape index (κ3) is 2.37. The van der Waals surface area contributed by atoms with Crippen LogP contribution in [0.15, 0.2) is 11.1 Å². The predicted octanol–water partition coefficient (Wildman–Crippen LogP) is 0.420. The smallest absolute Gasteiger partial charge is 0.266 e. The summed E-state index contributed by atoms with van der Waals surface area (Å²) >= 11 is 2.06. The van der Waals surface area contributed by atoms with Gasteiger partial charge in [-0.05, 0) is 48.5 Å². The molecule has 0 aromatic carbocycles. The Bertz CT molecular complexity index is 420. The van der Waals surface area contributed by atoms with Crippen LogP contribution in [0.5, 0.6) is 0 Å². The van der Waals surface area contributed by atoms with Gasteiger partial charge >= 0.3 is 0 Å².